The van der Waals surface area contributed by atoms with Gasteiger partial charge in [-0.2, -0.15) is 5.26 Å². The molecule has 0 atom stereocenters. The number of ether oxygens (including phenoxy) is 2. The maximum absolute atomic E-state index is 12.0. The molecule has 33 heavy (non-hydrogen) atoms. The minimum atomic E-state index is -0.395. The first-order valence-corrected chi connectivity index (χ1v) is 10.7. The Labute approximate surface area is 197 Å². The maximum atomic E-state index is 12.0. The van der Waals surface area contributed by atoms with E-state index in [4.69, 9.17) is 31.3 Å². The van der Waals surface area contributed by atoms with Crippen LogP contribution in [0.5, 0.6) is 5.75 Å². The van der Waals surface area contributed by atoms with Gasteiger partial charge in [-0.3, -0.25) is 0 Å². The van der Waals surface area contributed by atoms with Gasteiger partial charge in [0.2, 0.25) is 0 Å². The monoisotopic (exact) mass is 459 g/mol. The van der Waals surface area contributed by atoms with Gasteiger partial charge in [-0.05, 0) is 49.2 Å². The van der Waals surface area contributed by atoms with Gasteiger partial charge in [0.1, 0.15) is 18.2 Å². The van der Waals surface area contributed by atoms with Crippen molar-refractivity contribution in [1.82, 2.24) is 9.55 Å². The van der Waals surface area contributed by atoms with Crippen molar-refractivity contribution in [2.45, 2.75) is 27.0 Å². The summed E-state index contributed by atoms with van der Waals surface area (Å²) in [4.78, 5) is 16.8. The minimum Gasteiger partial charge on any atom is -0.489 e. The summed E-state index contributed by atoms with van der Waals surface area (Å²) in [6.07, 6.45) is 0. The van der Waals surface area contributed by atoms with Crippen LogP contribution in [0.25, 0.3) is 11.0 Å². The predicted molar refractivity (Wildman–Crippen MR) is 127 cm³/mol. The Bertz CT molecular complexity index is 1400. The normalized spacial score (nSPS) is 10.8. The quantitative estimate of drug-likeness (QED) is 0.351. The van der Waals surface area contributed by atoms with Crippen molar-refractivity contribution >= 4 is 28.6 Å². The first-order chi connectivity index (χ1) is 15.9. The van der Waals surface area contributed by atoms with Crippen molar-refractivity contribution in [2.24, 2.45) is 0 Å². The van der Waals surface area contributed by atoms with Crippen LogP contribution in [0.15, 0.2) is 54.6 Å². The average Bonchev–Trinajstić information content (AvgIpc) is 3.14. The molecule has 7 heteroatoms. The number of carbonyl (C=O) groups is 1. The number of nitriles is 1. The van der Waals surface area contributed by atoms with E-state index in [1.807, 2.05) is 44.2 Å². The molecule has 4 rings (SSSR count). The maximum Gasteiger partial charge on any atom is 0.338 e. The number of methoxy groups -OCH3 is 1. The average molecular weight is 460 g/mol. The zero-order valence-electron chi connectivity index (χ0n) is 18.6. The number of esters is 1. The zero-order chi connectivity index (χ0) is 23.5. The second kappa shape index (κ2) is 9.35. The van der Waals surface area contributed by atoms with E-state index < -0.39 is 5.97 Å². The molecule has 0 saturated carbocycles. The fourth-order valence-electron chi connectivity index (χ4n) is 3.79. The van der Waals surface area contributed by atoms with Crippen LogP contribution in [0.2, 0.25) is 5.02 Å². The molecule has 3 aromatic carbocycles. The predicted octanol–water partition coefficient (Wildman–Crippen LogP) is 5.59. The van der Waals surface area contributed by atoms with Crippen LogP contribution in [0, 0.1) is 25.2 Å². The third kappa shape index (κ3) is 4.55. The van der Waals surface area contributed by atoms with Crippen molar-refractivity contribution in [3.05, 3.63) is 93.3 Å². The van der Waals surface area contributed by atoms with Gasteiger partial charge in [0.25, 0.3) is 0 Å². The number of nitrogens with zero attached hydrogens (tertiary/aromatic N) is 3. The number of fused-ring (bicyclic) bond motifs is 1. The Morgan fingerprint density at radius 2 is 1.91 bits per heavy atom. The van der Waals surface area contributed by atoms with Crippen LogP contribution >= 0.6 is 11.6 Å². The lowest BCUT2D eigenvalue weighted by Crippen LogP contribution is -2.08. The van der Waals surface area contributed by atoms with E-state index in [1.54, 1.807) is 24.3 Å². The molecule has 0 N–H and O–H groups in total. The molecule has 0 aliphatic carbocycles. The molecule has 0 saturated heterocycles. The van der Waals surface area contributed by atoms with E-state index in [2.05, 4.69) is 10.6 Å². The number of halogens is 1. The van der Waals surface area contributed by atoms with Crippen LogP contribution in [0.4, 0.5) is 0 Å². The highest BCUT2D eigenvalue weighted by Gasteiger charge is 2.15. The molecule has 166 valence electrons. The van der Waals surface area contributed by atoms with Crippen molar-refractivity contribution in [2.75, 3.05) is 7.11 Å². The van der Waals surface area contributed by atoms with E-state index in [0.29, 0.717) is 28.4 Å². The largest absolute Gasteiger partial charge is 0.489 e. The van der Waals surface area contributed by atoms with E-state index in [0.717, 1.165) is 33.5 Å². The summed E-state index contributed by atoms with van der Waals surface area (Å²) in [7, 11) is 1.36. The Morgan fingerprint density at radius 3 is 2.64 bits per heavy atom. The van der Waals surface area contributed by atoms with Gasteiger partial charge in [-0.25, -0.2) is 9.78 Å². The van der Waals surface area contributed by atoms with Crippen LogP contribution in [0.1, 0.15) is 38.4 Å². The highest BCUT2D eigenvalue weighted by atomic mass is 35.5. The summed E-state index contributed by atoms with van der Waals surface area (Å²) in [6, 6.07) is 18.5. The van der Waals surface area contributed by atoms with Gasteiger partial charge in [0, 0.05) is 16.7 Å². The highest BCUT2D eigenvalue weighted by molar-refractivity contribution is 6.31. The minimum absolute atomic E-state index is 0.227. The van der Waals surface area contributed by atoms with Crippen molar-refractivity contribution < 1.29 is 14.3 Å². The molecule has 0 fully saturated rings. The van der Waals surface area contributed by atoms with Gasteiger partial charge in [-0.1, -0.05) is 35.9 Å². The molecule has 0 spiro atoms. The Morgan fingerprint density at radius 1 is 1.12 bits per heavy atom. The topological polar surface area (TPSA) is 77.1 Å². The van der Waals surface area contributed by atoms with Gasteiger partial charge in [-0.15, -0.1) is 0 Å². The van der Waals surface area contributed by atoms with E-state index in [-0.39, 0.29) is 6.61 Å². The van der Waals surface area contributed by atoms with Crippen LogP contribution in [-0.2, 0) is 17.9 Å². The number of aromatic nitrogens is 2. The van der Waals surface area contributed by atoms with Crippen LogP contribution < -0.4 is 4.74 Å². The van der Waals surface area contributed by atoms with Crippen LogP contribution in [-0.4, -0.2) is 22.6 Å². The molecule has 0 bridgehead atoms. The molecule has 1 aromatic heterocycles. The summed E-state index contributed by atoms with van der Waals surface area (Å²) >= 11 is 6.41. The molecule has 4 aromatic rings. The van der Waals surface area contributed by atoms with Crippen molar-refractivity contribution in [3.63, 3.8) is 0 Å². The standard InChI is InChI=1S/C26H22ClN3O3/c1-16-10-21(33-15-20-6-4-5-7-22(20)26(31)32-3)12-24-25(16)29-17(2)30(24)14-19-9-8-18(13-28)11-23(19)27/h4-12H,14-15H2,1-3H3. The summed E-state index contributed by atoms with van der Waals surface area (Å²) < 4.78 is 13.0. The van der Waals surface area contributed by atoms with Gasteiger partial charge >= 0.3 is 5.97 Å². The molecular formula is C26H22ClN3O3. The second-order valence-electron chi connectivity index (χ2n) is 7.71. The number of hydrogen-bond donors (Lipinski definition) is 0. The first kappa shape index (κ1) is 22.4. The molecular weight excluding hydrogens is 438 g/mol. The summed E-state index contributed by atoms with van der Waals surface area (Å²) in [6.45, 7) is 4.68. The molecule has 1 heterocycles. The molecule has 6 nitrogen and oxygen atoms in total. The lowest BCUT2D eigenvalue weighted by molar-refractivity contribution is 0.0597. The number of rotatable bonds is 6. The highest BCUT2D eigenvalue weighted by Crippen LogP contribution is 2.29. The number of carbonyl (C=O) groups excluding carboxylic acids is 1. The number of hydrogen-bond acceptors (Lipinski definition) is 5. The van der Waals surface area contributed by atoms with Gasteiger partial charge in [0.05, 0.1) is 41.9 Å². The van der Waals surface area contributed by atoms with Crippen molar-refractivity contribution in [1.29, 1.82) is 5.26 Å². The lowest BCUT2D eigenvalue weighted by atomic mass is 10.1. The van der Waals surface area contributed by atoms with Crippen LogP contribution in [0.3, 0.4) is 0 Å². The second-order valence-corrected chi connectivity index (χ2v) is 8.12. The fraction of sp³-hybridized carbons (Fsp3) is 0.192. The number of benzene rings is 3. The molecule has 0 amide bonds. The molecule has 0 aliphatic heterocycles. The van der Waals surface area contributed by atoms with E-state index >= 15 is 0 Å². The Balaban J connectivity index is 1.66. The first-order valence-electron chi connectivity index (χ1n) is 10.4. The Kier molecular flexibility index (Phi) is 6.34. The number of aryl methyl sites for hydroxylation is 2. The third-order valence-corrected chi connectivity index (χ3v) is 5.89. The van der Waals surface area contributed by atoms with Crippen molar-refractivity contribution in [3.8, 4) is 11.8 Å². The van der Waals surface area contributed by atoms with Gasteiger partial charge < -0.3 is 14.0 Å². The third-order valence-electron chi connectivity index (χ3n) is 5.54. The van der Waals surface area contributed by atoms with E-state index in [9.17, 15) is 4.79 Å². The zero-order valence-corrected chi connectivity index (χ0v) is 19.3. The molecule has 0 aliphatic rings. The SMILES string of the molecule is COC(=O)c1ccccc1COc1cc(C)c2nc(C)n(Cc3ccc(C#N)cc3Cl)c2c1. The molecule has 0 radical (unpaired) electrons. The Hall–Kier alpha value is -3.82. The summed E-state index contributed by atoms with van der Waals surface area (Å²) in [5.41, 5.74) is 5.44. The lowest BCUT2D eigenvalue weighted by Gasteiger charge is -2.12. The van der Waals surface area contributed by atoms with E-state index in [1.165, 1.54) is 7.11 Å². The summed E-state index contributed by atoms with van der Waals surface area (Å²) in [5, 5.41) is 9.63. The fourth-order valence-corrected chi connectivity index (χ4v) is 4.03. The smallest absolute Gasteiger partial charge is 0.338 e. The summed E-state index contributed by atoms with van der Waals surface area (Å²) in [5.74, 6) is 1.13. The number of imidazole rings is 1. The molecule has 0 unspecified atom stereocenters. The van der Waals surface area contributed by atoms with Gasteiger partial charge in [0.15, 0.2) is 0 Å².